The van der Waals surface area contributed by atoms with E-state index >= 15 is 0 Å². The minimum Gasteiger partial charge on any atom is -0.383 e. The number of hydrogen-bond acceptors (Lipinski definition) is 3. The third-order valence-corrected chi connectivity index (χ3v) is 4.83. The topological polar surface area (TPSA) is 69.6 Å². The van der Waals surface area contributed by atoms with Crippen LogP contribution in [0.3, 0.4) is 0 Å². The van der Waals surface area contributed by atoms with Crippen molar-refractivity contribution < 1.29 is 23.5 Å². The van der Waals surface area contributed by atoms with Crippen molar-refractivity contribution in [3.63, 3.8) is 0 Å². The lowest BCUT2D eigenvalue weighted by Crippen LogP contribution is -2.59. The molecule has 7 heteroatoms. The van der Waals surface area contributed by atoms with Crippen LogP contribution in [0, 0.1) is 0 Å². The van der Waals surface area contributed by atoms with E-state index < -0.39 is 17.4 Å². The largest absolute Gasteiger partial charge is 0.383 e. The SMILES string of the molecule is O=C(c1ccc(NC(=O)C(F)(F)C2(O)CCC2)cc1)N1CCCC1. The molecule has 1 heterocycles. The van der Waals surface area contributed by atoms with E-state index in [0.717, 1.165) is 25.9 Å². The molecule has 1 saturated carbocycles. The third-order valence-electron chi connectivity index (χ3n) is 4.83. The Morgan fingerprint density at radius 2 is 1.67 bits per heavy atom. The van der Waals surface area contributed by atoms with Gasteiger partial charge in [-0.3, -0.25) is 9.59 Å². The van der Waals surface area contributed by atoms with Gasteiger partial charge in [-0.05, 0) is 56.4 Å². The lowest BCUT2D eigenvalue weighted by molar-refractivity contribution is -0.212. The Morgan fingerprint density at radius 3 is 2.17 bits per heavy atom. The molecule has 1 aliphatic carbocycles. The zero-order chi connectivity index (χ0) is 17.4. The average molecular weight is 338 g/mol. The second-order valence-electron chi connectivity index (χ2n) is 6.49. The first-order valence-electron chi connectivity index (χ1n) is 8.14. The van der Waals surface area contributed by atoms with E-state index in [0.29, 0.717) is 12.0 Å². The summed E-state index contributed by atoms with van der Waals surface area (Å²) < 4.78 is 28.0. The average Bonchev–Trinajstić information content (AvgIpc) is 3.06. The molecular formula is C17H20F2N2O3. The van der Waals surface area contributed by atoms with Gasteiger partial charge in [0.15, 0.2) is 0 Å². The fourth-order valence-corrected chi connectivity index (χ4v) is 3.05. The van der Waals surface area contributed by atoms with Crippen LogP contribution >= 0.6 is 0 Å². The third kappa shape index (κ3) is 2.88. The van der Waals surface area contributed by atoms with Crippen molar-refractivity contribution >= 4 is 17.5 Å². The molecular weight excluding hydrogens is 318 g/mol. The highest BCUT2D eigenvalue weighted by Crippen LogP contribution is 2.44. The second-order valence-corrected chi connectivity index (χ2v) is 6.49. The maximum absolute atomic E-state index is 14.0. The molecule has 0 atom stereocenters. The quantitative estimate of drug-likeness (QED) is 0.886. The molecule has 0 radical (unpaired) electrons. The first-order chi connectivity index (χ1) is 11.3. The van der Waals surface area contributed by atoms with Gasteiger partial charge in [-0.2, -0.15) is 8.78 Å². The first kappa shape index (κ1) is 16.8. The number of halogens is 2. The molecule has 5 nitrogen and oxygen atoms in total. The van der Waals surface area contributed by atoms with Crippen LogP contribution < -0.4 is 5.32 Å². The number of benzene rings is 1. The van der Waals surface area contributed by atoms with Gasteiger partial charge in [-0.1, -0.05) is 0 Å². The number of alkyl halides is 2. The lowest BCUT2D eigenvalue weighted by Gasteiger charge is -2.41. The number of likely N-dealkylation sites (tertiary alicyclic amines) is 1. The van der Waals surface area contributed by atoms with E-state index in [2.05, 4.69) is 5.32 Å². The van der Waals surface area contributed by atoms with Gasteiger partial charge in [-0.25, -0.2) is 0 Å². The number of carbonyl (C=O) groups is 2. The number of amides is 2. The van der Waals surface area contributed by atoms with Crippen LogP contribution in [0.1, 0.15) is 42.5 Å². The van der Waals surface area contributed by atoms with E-state index in [1.807, 2.05) is 0 Å². The van der Waals surface area contributed by atoms with Crippen molar-refractivity contribution in [1.29, 1.82) is 0 Å². The molecule has 1 saturated heterocycles. The first-order valence-corrected chi connectivity index (χ1v) is 8.14. The Kier molecular flexibility index (Phi) is 4.29. The standard InChI is InChI=1S/C17H20F2N2O3/c18-17(19,16(24)8-3-9-16)15(23)20-13-6-4-12(5-7-13)14(22)21-10-1-2-11-21/h4-7,24H,1-3,8-11H2,(H,20,23). The van der Waals surface area contributed by atoms with Gasteiger partial charge in [0.1, 0.15) is 5.60 Å². The van der Waals surface area contributed by atoms with E-state index in [1.165, 1.54) is 24.3 Å². The predicted octanol–water partition coefficient (Wildman–Crippen LogP) is 2.41. The van der Waals surface area contributed by atoms with Gasteiger partial charge in [0.25, 0.3) is 11.8 Å². The Balaban J connectivity index is 1.65. The minimum atomic E-state index is -3.84. The summed E-state index contributed by atoms with van der Waals surface area (Å²) in [5.74, 6) is -5.46. The molecule has 1 aliphatic heterocycles. The maximum Gasteiger partial charge on any atom is 0.352 e. The molecule has 1 aromatic rings. The van der Waals surface area contributed by atoms with Crippen LogP contribution in [0.5, 0.6) is 0 Å². The number of hydrogen-bond donors (Lipinski definition) is 2. The summed E-state index contributed by atoms with van der Waals surface area (Å²) in [5.41, 5.74) is -1.62. The summed E-state index contributed by atoms with van der Waals surface area (Å²) in [6, 6.07) is 5.85. The molecule has 3 rings (SSSR count). The Labute approximate surface area is 138 Å². The number of nitrogens with one attached hydrogen (secondary N) is 1. The monoisotopic (exact) mass is 338 g/mol. The molecule has 2 aliphatic rings. The molecule has 2 N–H and O–H groups in total. The molecule has 2 amide bonds. The highest BCUT2D eigenvalue weighted by atomic mass is 19.3. The van der Waals surface area contributed by atoms with Crippen LogP contribution in [0.15, 0.2) is 24.3 Å². The number of rotatable bonds is 4. The number of anilines is 1. The number of nitrogens with zero attached hydrogens (tertiary/aromatic N) is 1. The smallest absolute Gasteiger partial charge is 0.352 e. The van der Waals surface area contributed by atoms with E-state index in [4.69, 9.17) is 0 Å². The van der Waals surface area contributed by atoms with Gasteiger partial charge >= 0.3 is 5.92 Å². The van der Waals surface area contributed by atoms with Crippen molar-refractivity contribution in [3.8, 4) is 0 Å². The van der Waals surface area contributed by atoms with Crippen LogP contribution in [-0.4, -0.2) is 46.4 Å². The minimum absolute atomic E-state index is 0.0866. The lowest BCUT2D eigenvalue weighted by atomic mass is 9.75. The van der Waals surface area contributed by atoms with Crippen LogP contribution in [0.4, 0.5) is 14.5 Å². The Hall–Kier alpha value is -2.02. The van der Waals surface area contributed by atoms with Crippen molar-refractivity contribution in [2.45, 2.75) is 43.6 Å². The molecule has 2 fully saturated rings. The van der Waals surface area contributed by atoms with Gasteiger partial charge in [0.2, 0.25) is 0 Å². The van der Waals surface area contributed by atoms with Crippen LogP contribution in [0.25, 0.3) is 0 Å². The highest BCUT2D eigenvalue weighted by Gasteiger charge is 2.61. The maximum atomic E-state index is 14.0. The number of aliphatic hydroxyl groups is 1. The highest BCUT2D eigenvalue weighted by molar-refractivity contribution is 5.98. The van der Waals surface area contributed by atoms with Crippen LogP contribution in [0.2, 0.25) is 0 Å². The Morgan fingerprint density at radius 1 is 1.08 bits per heavy atom. The molecule has 0 aromatic heterocycles. The van der Waals surface area contributed by atoms with Crippen molar-refractivity contribution in [3.05, 3.63) is 29.8 Å². The molecule has 24 heavy (non-hydrogen) atoms. The molecule has 0 spiro atoms. The summed E-state index contributed by atoms with van der Waals surface area (Å²) in [5, 5.41) is 11.9. The Bertz CT molecular complexity index is 636. The molecule has 0 bridgehead atoms. The normalized spacial score (nSPS) is 19.7. The van der Waals surface area contributed by atoms with Crippen LogP contribution in [-0.2, 0) is 4.79 Å². The fourth-order valence-electron chi connectivity index (χ4n) is 3.05. The van der Waals surface area contributed by atoms with Crippen molar-refractivity contribution in [2.75, 3.05) is 18.4 Å². The van der Waals surface area contributed by atoms with Gasteiger partial charge in [-0.15, -0.1) is 0 Å². The zero-order valence-electron chi connectivity index (χ0n) is 13.2. The summed E-state index contributed by atoms with van der Waals surface area (Å²) in [7, 11) is 0. The zero-order valence-corrected chi connectivity index (χ0v) is 13.2. The fraction of sp³-hybridized carbons (Fsp3) is 0.529. The molecule has 0 unspecified atom stereocenters. The van der Waals surface area contributed by atoms with E-state index in [-0.39, 0.29) is 24.4 Å². The van der Waals surface area contributed by atoms with Gasteiger partial charge in [0.05, 0.1) is 0 Å². The van der Waals surface area contributed by atoms with E-state index in [9.17, 15) is 23.5 Å². The second kappa shape index (κ2) is 6.12. The van der Waals surface area contributed by atoms with Crippen molar-refractivity contribution in [1.82, 2.24) is 4.90 Å². The summed E-state index contributed by atoms with van der Waals surface area (Å²) in [6.45, 7) is 1.45. The molecule has 130 valence electrons. The summed E-state index contributed by atoms with van der Waals surface area (Å²) in [6.07, 6.45) is 2.27. The predicted molar refractivity (Wildman–Crippen MR) is 84.0 cm³/mol. The molecule has 1 aromatic carbocycles. The summed E-state index contributed by atoms with van der Waals surface area (Å²) in [4.78, 5) is 25.8. The number of carbonyl (C=O) groups excluding carboxylic acids is 2. The van der Waals surface area contributed by atoms with E-state index in [1.54, 1.807) is 4.90 Å². The summed E-state index contributed by atoms with van der Waals surface area (Å²) >= 11 is 0. The van der Waals surface area contributed by atoms with Crippen molar-refractivity contribution in [2.24, 2.45) is 0 Å². The van der Waals surface area contributed by atoms with Gasteiger partial charge in [0, 0.05) is 24.3 Å². The van der Waals surface area contributed by atoms with Gasteiger partial charge < -0.3 is 15.3 Å².